The second-order valence-corrected chi connectivity index (χ2v) is 9.21. The highest BCUT2D eigenvalue weighted by molar-refractivity contribution is 7.89. The van der Waals surface area contributed by atoms with Crippen LogP contribution in [0.25, 0.3) is 0 Å². The molecule has 1 amide bonds. The first-order valence-electron chi connectivity index (χ1n) is 9.71. The highest BCUT2D eigenvalue weighted by atomic mass is 32.2. The quantitative estimate of drug-likeness (QED) is 0.740. The zero-order valence-electron chi connectivity index (χ0n) is 17.5. The maximum atomic E-state index is 13.3. The average molecular weight is 396 g/mol. The van der Waals surface area contributed by atoms with Crippen molar-refractivity contribution in [2.24, 2.45) is 0 Å². The highest BCUT2D eigenvalue weighted by Gasteiger charge is 2.32. The van der Waals surface area contributed by atoms with Crippen LogP contribution < -0.4 is 0 Å². The first-order valence-corrected chi connectivity index (χ1v) is 11.1. The Morgan fingerprint density at radius 2 is 1.44 bits per heavy atom. The minimum absolute atomic E-state index is 0.109. The van der Waals surface area contributed by atoms with Gasteiger partial charge in [0.05, 0.1) is 11.4 Å². The van der Waals surface area contributed by atoms with E-state index in [-0.39, 0.29) is 5.91 Å². The van der Waals surface area contributed by atoms with Crippen LogP contribution in [0.4, 0.5) is 0 Å². The van der Waals surface area contributed by atoms with Crippen molar-refractivity contribution in [1.29, 1.82) is 0 Å². The number of nitrogens with zero attached hydrogens (tertiary/aromatic N) is 3. The lowest BCUT2D eigenvalue weighted by Crippen LogP contribution is -2.51. The van der Waals surface area contributed by atoms with E-state index in [1.54, 1.807) is 4.31 Å². The number of hydrogen-bond acceptors (Lipinski definition) is 4. The molecule has 0 radical (unpaired) electrons. The van der Waals surface area contributed by atoms with Gasteiger partial charge in [-0.1, -0.05) is 6.07 Å². The van der Waals surface area contributed by atoms with Gasteiger partial charge >= 0.3 is 0 Å². The summed E-state index contributed by atoms with van der Waals surface area (Å²) in [6, 6.07) is 2.04. The molecule has 0 bridgehead atoms. The van der Waals surface area contributed by atoms with Crippen molar-refractivity contribution in [3.05, 3.63) is 28.3 Å². The van der Waals surface area contributed by atoms with Crippen molar-refractivity contribution in [3.63, 3.8) is 0 Å². The number of aryl methyl sites for hydroxylation is 2. The number of rotatable bonds is 6. The molecule has 1 saturated heterocycles. The van der Waals surface area contributed by atoms with Gasteiger partial charge in [-0.05, 0) is 63.8 Å². The fourth-order valence-electron chi connectivity index (χ4n) is 3.69. The fraction of sp³-hybridized carbons (Fsp3) is 0.650. The number of carbonyl (C=O) groups excluding carboxylic acids is 1. The molecule has 1 heterocycles. The number of carbonyl (C=O) groups is 1. The molecule has 0 aliphatic carbocycles. The molecule has 152 valence electrons. The third-order valence-corrected chi connectivity index (χ3v) is 7.87. The van der Waals surface area contributed by atoms with E-state index in [0.717, 1.165) is 22.3 Å². The lowest BCUT2D eigenvalue weighted by atomic mass is 10.0. The smallest absolute Gasteiger partial charge is 0.243 e. The topological polar surface area (TPSA) is 60.9 Å². The summed E-state index contributed by atoms with van der Waals surface area (Å²) in [6.45, 7) is 15.4. The molecule has 1 fully saturated rings. The molecule has 0 N–H and O–H groups in total. The maximum absolute atomic E-state index is 13.3. The van der Waals surface area contributed by atoms with Gasteiger partial charge in [0.1, 0.15) is 0 Å². The molecule has 7 heteroatoms. The predicted octanol–water partition coefficient (Wildman–Crippen LogP) is 2.09. The maximum Gasteiger partial charge on any atom is 0.243 e. The van der Waals surface area contributed by atoms with Crippen LogP contribution in [-0.2, 0) is 14.8 Å². The van der Waals surface area contributed by atoms with Crippen molar-refractivity contribution in [1.82, 2.24) is 14.1 Å². The Kier molecular flexibility index (Phi) is 7.05. The molecule has 0 aromatic heterocycles. The molecule has 0 saturated carbocycles. The van der Waals surface area contributed by atoms with Gasteiger partial charge in [-0.15, -0.1) is 0 Å². The summed E-state index contributed by atoms with van der Waals surface area (Å²) in [6.07, 6.45) is 0. The van der Waals surface area contributed by atoms with E-state index < -0.39 is 10.0 Å². The van der Waals surface area contributed by atoms with Gasteiger partial charge in [0.25, 0.3) is 0 Å². The first-order chi connectivity index (χ1) is 12.6. The Hall–Kier alpha value is -1.44. The molecule has 1 aromatic carbocycles. The van der Waals surface area contributed by atoms with Crippen molar-refractivity contribution >= 4 is 15.9 Å². The number of benzene rings is 1. The van der Waals surface area contributed by atoms with Crippen molar-refractivity contribution in [2.45, 2.75) is 46.4 Å². The molecule has 1 aliphatic heterocycles. The summed E-state index contributed by atoms with van der Waals surface area (Å²) in [5.74, 6) is 0.109. The van der Waals surface area contributed by atoms with Crippen LogP contribution in [0.15, 0.2) is 11.0 Å². The summed E-state index contributed by atoms with van der Waals surface area (Å²) in [5, 5.41) is 0. The van der Waals surface area contributed by atoms with E-state index in [0.29, 0.717) is 50.7 Å². The molecule has 6 nitrogen and oxygen atoms in total. The molecule has 2 rings (SSSR count). The predicted molar refractivity (Wildman–Crippen MR) is 109 cm³/mol. The second kappa shape index (κ2) is 8.71. The van der Waals surface area contributed by atoms with Crippen LogP contribution in [0.1, 0.15) is 36.1 Å². The molecule has 27 heavy (non-hydrogen) atoms. The molecule has 0 spiro atoms. The lowest BCUT2D eigenvalue weighted by Gasteiger charge is -2.35. The lowest BCUT2D eigenvalue weighted by molar-refractivity contribution is -0.132. The molecule has 0 atom stereocenters. The van der Waals surface area contributed by atoms with Crippen molar-refractivity contribution < 1.29 is 13.2 Å². The number of likely N-dealkylation sites (N-methyl/N-ethyl adjacent to an activating group) is 1. The molecular weight excluding hydrogens is 362 g/mol. The summed E-state index contributed by atoms with van der Waals surface area (Å²) in [5.41, 5.74) is 3.66. The van der Waals surface area contributed by atoms with Crippen LogP contribution >= 0.6 is 0 Å². The van der Waals surface area contributed by atoms with Gasteiger partial charge in [-0.2, -0.15) is 4.31 Å². The normalized spacial score (nSPS) is 16.5. The Morgan fingerprint density at radius 1 is 0.963 bits per heavy atom. The molecule has 1 aromatic rings. The van der Waals surface area contributed by atoms with Gasteiger partial charge < -0.3 is 4.90 Å². The van der Waals surface area contributed by atoms with Gasteiger partial charge in [0.2, 0.25) is 15.9 Å². The van der Waals surface area contributed by atoms with E-state index in [1.807, 2.05) is 57.4 Å². The molecule has 1 aliphatic rings. The Morgan fingerprint density at radius 3 is 1.89 bits per heavy atom. The van der Waals surface area contributed by atoms with Crippen LogP contribution in [-0.4, -0.2) is 74.2 Å². The number of amides is 1. The summed E-state index contributed by atoms with van der Waals surface area (Å²) in [4.78, 5) is 16.6. The largest absolute Gasteiger partial charge is 0.342 e. The van der Waals surface area contributed by atoms with Gasteiger partial charge in [0.15, 0.2) is 0 Å². The van der Waals surface area contributed by atoms with E-state index in [9.17, 15) is 13.2 Å². The third kappa shape index (κ3) is 4.52. The highest BCUT2D eigenvalue weighted by Crippen LogP contribution is 2.29. The zero-order valence-corrected chi connectivity index (χ0v) is 18.3. The van der Waals surface area contributed by atoms with E-state index >= 15 is 0 Å². The van der Waals surface area contributed by atoms with Crippen molar-refractivity contribution in [2.75, 3.05) is 45.8 Å². The zero-order chi connectivity index (χ0) is 20.4. The summed E-state index contributed by atoms with van der Waals surface area (Å²) < 4.78 is 28.2. The molecule has 0 unspecified atom stereocenters. The van der Waals surface area contributed by atoms with Crippen molar-refractivity contribution in [3.8, 4) is 0 Å². The number of sulfonamides is 1. The van der Waals surface area contributed by atoms with Crippen LogP contribution in [0, 0.1) is 27.7 Å². The van der Waals surface area contributed by atoms with Crippen LogP contribution in [0.3, 0.4) is 0 Å². The van der Waals surface area contributed by atoms with Gasteiger partial charge in [-0.3, -0.25) is 9.69 Å². The number of hydrogen-bond donors (Lipinski definition) is 0. The standard InChI is InChI=1S/C20H33N3O3S/c1-7-22(8-2)19(24)14-21-9-11-23(12-10-21)27(25,26)20-17(5)15(3)13-16(4)18(20)6/h13H,7-12,14H2,1-6H3. The molecular formula is C20H33N3O3S. The Balaban J connectivity index is 2.13. The van der Waals surface area contributed by atoms with E-state index in [2.05, 4.69) is 0 Å². The van der Waals surface area contributed by atoms with Gasteiger partial charge in [-0.25, -0.2) is 8.42 Å². The van der Waals surface area contributed by atoms with Crippen LogP contribution in [0.2, 0.25) is 0 Å². The average Bonchev–Trinajstić information content (AvgIpc) is 2.61. The summed E-state index contributed by atoms with van der Waals surface area (Å²) >= 11 is 0. The minimum atomic E-state index is -3.53. The fourth-order valence-corrected chi connectivity index (χ4v) is 5.69. The first kappa shape index (κ1) is 21.9. The van der Waals surface area contributed by atoms with Crippen LogP contribution in [0.5, 0.6) is 0 Å². The van der Waals surface area contributed by atoms with E-state index in [1.165, 1.54) is 0 Å². The van der Waals surface area contributed by atoms with Gasteiger partial charge in [0, 0.05) is 39.3 Å². The third-order valence-electron chi connectivity index (χ3n) is 5.70. The summed E-state index contributed by atoms with van der Waals surface area (Å²) in [7, 11) is -3.53. The van der Waals surface area contributed by atoms with E-state index in [4.69, 9.17) is 0 Å². The monoisotopic (exact) mass is 395 g/mol. The SMILES string of the molecule is CCN(CC)C(=O)CN1CCN(S(=O)(=O)c2c(C)c(C)cc(C)c2C)CC1. The number of piperazine rings is 1. The second-order valence-electron chi connectivity index (χ2n) is 7.34. The Bertz CT molecular complexity index is 767. The minimum Gasteiger partial charge on any atom is -0.342 e. The Labute approximate surface area is 164 Å².